The van der Waals surface area contributed by atoms with Crippen LogP contribution in [0.3, 0.4) is 0 Å². The lowest BCUT2D eigenvalue weighted by Gasteiger charge is -2.32. The Balaban J connectivity index is 0.00000150. The summed E-state index contributed by atoms with van der Waals surface area (Å²) >= 11 is 0. The van der Waals surface area contributed by atoms with E-state index in [1.165, 1.54) is 6.08 Å². The van der Waals surface area contributed by atoms with E-state index in [1.807, 2.05) is 25.2 Å². The summed E-state index contributed by atoms with van der Waals surface area (Å²) < 4.78 is 1.75. The van der Waals surface area contributed by atoms with Crippen LogP contribution in [0.4, 0.5) is 5.69 Å². The van der Waals surface area contributed by atoms with E-state index in [0.29, 0.717) is 5.69 Å². The summed E-state index contributed by atoms with van der Waals surface area (Å²) in [4.78, 5) is 23.5. The van der Waals surface area contributed by atoms with Crippen molar-refractivity contribution in [3.05, 3.63) is 36.0 Å². The number of nitrogens with zero attached hydrogens (tertiary/aromatic N) is 2. The van der Waals surface area contributed by atoms with E-state index in [1.54, 1.807) is 10.8 Å². The summed E-state index contributed by atoms with van der Waals surface area (Å²) in [6.07, 6.45) is 3.91. The van der Waals surface area contributed by atoms with Gasteiger partial charge in [-0.15, -0.1) is 24.8 Å². The molecule has 1 unspecified atom stereocenters. The zero-order chi connectivity index (χ0) is 19.0. The Morgan fingerprint density at radius 2 is 2.10 bits per heavy atom. The molecular weight excluding hydrogens is 417 g/mol. The van der Waals surface area contributed by atoms with Crippen molar-refractivity contribution in [2.75, 3.05) is 25.0 Å². The Morgan fingerprint density at radius 3 is 2.83 bits per heavy atom. The van der Waals surface area contributed by atoms with Crippen LogP contribution < -0.4 is 16.0 Å². The molecule has 3 atom stereocenters. The number of carbonyl (C=O) groups excluding carboxylic acids is 2. The van der Waals surface area contributed by atoms with E-state index in [2.05, 4.69) is 21.0 Å². The number of amides is 2. The van der Waals surface area contributed by atoms with Crippen molar-refractivity contribution in [2.45, 2.75) is 18.4 Å². The molecule has 4 N–H and O–H groups in total. The number of aliphatic hydroxyl groups excluding tert-OH is 1. The molecule has 2 amide bonds. The van der Waals surface area contributed by atoms with Crippen LogP contribution in [0, 0.1) is 5.92 Å². The van der Waals surface area contributed by atoms with Gasteiger partial charge in [-0.05, 0) is 31.2 Å². The van der Waals surface area contributed by atoms with Crippen LogP contribution in [0.2, 0.25) is 0 Å². The van der Waals surface area contributed by atoms with Crippen molar-refractivity contribution in [3.8, 4) is 0 Å². The maximum absolute atomic E-state index is 12.2. The predicted octanol–water partition coefficient (Wildman–Crippen LogP) is 1.10. The minimum absolute atomic E-state index is 0. The van der Waals surface area contributed by atoms with Gasteiger partial charge in [-0.2, -0.15) is 5.10 Å². The fourth-order valence-corrected chi connectivity index (χ4v) is 3.85. The molecule has 4 rings (SSSR count). The van der Waals surface area contributed by atoms with Gasteiger partial charge in [-0.3, -0.25) is 19.6 Å². The molecule has 158 valence electrons. The average Bonchev–Trinajstić information content (AvgIpc) is 2.98. The van der Waals surface area contributed by atoms with E-state index in [9.17, 15) is 14.7 Å². The highest BCUT2D eigenvalue weighted by molar-refractivity contribution is 6.08. The number of piperidine rings is 1. The van der Waals surface area contributed by atoms with Crippen LogP contribution in [0.25, 0.3) is 10.9 Å². The topological polar surface area (TPSA) is 108 Å². The maximum Gasteiger partial charge on any atom is 0.250 e. The van der Waals surface area contributed by atoms with Crippen LogP contribution in [-0.4, -0.2) is 52.4 Å². The van der Waals surface area contributed by atoms with Gasteiger partial charge in [-0.1, -0.05) is 6.08 Å². The Hall–Kier alpha value is -2.13. The summed E-state index contributed by atoms with van der Waals surface area (Å²) in [5.41, 5.74) is 2.50. The number of rotatable bonds is 4. The molecule has 29 heavy (non-hydrogen) atoms. The monoisotopic (exact) mass is 441 g/mol. The fraction of sp³-hybridized carbons (Fsp3) is 0.421. The van der Waals surface area contributed by atoms with Gasteiger partial charge in [-0.25, -0.2) is 0 Å². The third-order valence-corrected chi connectivity index (χ3v) is 5.34. The molecule has 2 aliphatic heterocycles. The lowest BCUT2D eigenvalue weighted by molar-refractivity contribution is -0.129. The van der Waals surface area contributed by atoms with E-state index in [4.69, 9.17) is 0 Å². The quantitative estimate of drug-likeness (QED) is 0.529. The third kappa shape index (κ3) is 4.56. The van der Waals surface area contributed by atoms with Crippen molar-refractivity contribution >= 4 is 53.2 Å². The van der Waals surface area contributed by atoms with Crippen molar-refractivity contribution in [1.29, 1.82) is 0 Å². The summed E-state index contributed by atoms with van der Waals surface area (Å²) in [6, 6.07) is 6.14. The van der Waals surface area contributed by atoms with Gasteiger partial charge < -0.3 is 15.7 Å². The number of aliphatic hydroxyl groups is 1. The first-order chi connectivity index (χ1) is 13.1. The second-order valence-electron chi connectivity index (χ2n) is 7.12. The Labute approximate surface area is 180 Å². The Bertz CT molecular complexity index is 930. The van der Waals surface area contributed by atoms with Gasteiger partial charge in [0.1, 0.15) is 5.92 Å². The fourth-order valence-electron chi connectivity index (χ4n) is 3.85. The second kappa shape index (κ2) is 9.58. The van der Waals surface area contributed by atoms with Gasteiger partial charge in [0.25, 0.3) is 0 Å². The molecule has 0 radical (unpaired) electrons. The number of imide groups is 1. The maximum atomic E-state index is 12.2. The molecule has 1 aromatic heterocycles. The molecule has 10 heteroatoms. The molecule has 1 saturated heterocycles. The minimum atomic E-state index is -0.576. The summed E-state index contributed by atoms with van der Waals surface area (Å²) in [7, 11) is 1.84. The normalized spacial score (nSPS) is 23.9. The smallest absolute Gasteiger partial charge is 0.250 e. The zero-order valence-corrected chi connectivity index (χ0v) is 17.6. The molecule has 3 heterocycles. The van der Waals surface area contributed by atoms with Gasteiger partial charge in [0, 0.05) is 49.3 Å². The number of halogens is 2. The largest absolute Gasteiger partial charge is 0.396 e. The van der Waals surface area contributed by atoms with E-state index >= 15 is 0 Å². The first kappa shape index (κ1) is 23.2. The molecule has 1 aromatic carbocycles. The van der Waals surface area contributed by atoms with Crippen LogP contribution in [0.1, 0.15) is 18.0 Å². The Morgan fingerprint density at radius 1 is 1.31 bits per heavy atom. The minimum Gasteiger partial charge on any atom is -0.396 e. The number of aryl methyl sites for hydroxylation is 1. The van der Waals surface area contributed by atoms with Crippen LogP contribution in [0.5, 0.6) is 0 Å². The highest BCUT2D eigenvalue weighted by Gasteiger charge is 2.28. The van der Waals surface area contributed by atoms with Crippen molar-refractivity contribution < 1.29 is 14.7 Å². The molecule has 1 fully saturated rings. The highest BCUT2D eigenvalue weighted by atomic mass is 35.5. The second-order valence-corrected chi connectivity index (χ2v) is 7.12. The number of nitrogens with one attached hydrogen (secondary N) is 3. The standard InChI is InChI=1S/C19H23N5O3.2ClH/c1-24-16-8-12(21-15-6-7-20-9-11(15)10-25)2-3-13(16)18(23-24)14-4-5-17(26)22-19(14)27;;/h2-5,8,11,14-15,20-21,25H,6-7,9-10H2,1H3,(H,22,26,27);2*1H/t11-,14?,15-;;/m0../s1. The molecule has 2 aliphatic rings. The average molecular weight is 442 g/mol. The van der Waals surface area contributed by atoms with Crippen molar-refractivity contribution in [1.82, 2.24) is 20.4 Å². The van der Waals surface area contributed by atoms with Crippen LogP contribution in [0.15, 0.2) is 30.4 Å². The highest BCUT2D eigenvalue weighted by Crippen LogP contribution is 2.30. The summed E-state index contributed by atoms with van der Waals surface area (Å²) in [5, 5.41) is 24.1. The lowest BCUT2D eigenvalue weighted by Crippen LogP contribution is -2.45. The first-order valence-corrected chi connectivity index (χ1v) is 9.14. The van der Waals surface area contributed by atoms with E-state index < -0.39 is 11.8 Å². The first-order valence-electron chi connectivity index (χ1n) is 9.14. The molecule has 0 spiro atoms. The lowest BCUT2D eigenvalue weighted by atomic mass is 9.93. The summed E-state index contributed by atoms with van der Waals surface area (Å²) in [5.74, 6) is -1.16. The number of benzene rings is 1. The van der Waals surface area contributed by atoms with E-state index in [-0.39, 0.29) is 49.3 Å². The SMILES string of the molecule is Cl.Cl.Cn1nc(C2C=CC(=O)NC2=O)c2ccc(N[C@H]3CCNC[C@H]3CO)cc21. The van der Waals surface area contributed by atoms with Gasteiger partial charge in [0.15, 0.2) is 0 Å². The van der Waals surface area contributed by atoms with Gasteiger partial charge in [0.2, 0.25) is 11.8 Å². The number of hydrogen-bond donors (Lipinski definition) is 4. The Kier molecular flexibility index (Phi) is 7.65. The molecular formula is C19H25Cl2N5O3. The number of anilines is 1. The number of hydrogen-bond acceptors (Lipinski definition) is 6. The van der Waals surface area contributed by atoms with Crippen molar-refractivity contribution in [2.24, 2.45) is 13.0 Å². The zero-order valence-electron chi connectivity index (χ0n) is 15.9. The third-order valence-electron chi connectivity index (χ3n) is 5.34. The molecule has 0 saturated carbocycles. The van der Waals surface area contributed by atoms with E-state index in [0.717, 1.165) is 36.1 Å². The van der Waals surface area contributed by atoms with Crippen LogP contribution in [-0.2, 0) is 16.6 Å². The van der Waals surface area contributed by atoms with Crippen LogP contribution >= 0.6 is 24.8 Å². The summed E-state index contributed by atoms with van der Waals surface area (Å²) in [6.45, 7) is 1.87. The number of fused-ring (bicyclic) bond motifs is 1. The molecule has 0 aliphatic carbocycles. The molecule has 2 aromatic rings. The number of carbonyl (C=O) groups is 2. The van der Waals surface area contributed by atoms with Crippen molar-refractivity contribution in [3.63, 3.8) is 0 Å². The molecule has 0 bridgehead atoms. The van der Waals surface area contributed by atoms with Gasteiger partial charge in [0.05, 0.1) is 11.2 Å². The van der Waals surface area contributed by atoms with Gasteiger partial charge >= 0.3 is 0 Å². The molecule has 8 nitrogen and oxygen atoms in total. The number of aromatic nitrogens is 2. The predicted molar refractivity (Wildman–Crippen MR) is 116 cm³/mol.